The van der Waals surface area contributed by atoms with Crippen molar-refractivity contribution >= 4 is 47.4 Å². The third-order valence-electron chi connectivity index (χ3n) is 4.45. The highest BCUT2D eigenvalue weighted by Crippen LogP contribution is 2.57. The molecule has 0 radical (unpaired) electrons. The van der Waals surface area contributed by atoms with Gasteiger partial charge in [0.25, 0.3) is 0 Å². The molecule has 1 aliphatic rings. The highest BCUT2D eigenvalue weighted by molar-refractivity contribution is 7.62. The van der Waals surface area contributed by atoms with Crippen molar-refractivity contribution in [1.29, 1.82) is 0 Å². The normalized spacial score (nSPS) is 18.5. The lowest BCUT2D eigenvalue weighted by Crippen LogP contribution is -2.20. The predicted octanol–water partition coefficient (Wildman–Crippen LogP) is 6.80. The maximum atomic E-state index is 13.6. The summed E-state index contributed by atoms with van der Waals surface area (Å²) in [7, 11) is -3.52. The van der Waals surface area contributed by atoms with Gasteiger partial charge in [-0.1, -0.05) is 53.5 Å². The fraction of sp³-hybridized carbons (Fsp3) is 0.0909. The fourth-order valence-corrected chi connectivity index (χ4v) is 5.30. The maximum Gasteiger partial charge on any atom is 0.411 e. The summed E-state index contributed by atoms with van der Waals surface area (Å²) in [5.74, 6) is 0.495. The summed E-state index contributed by atoms with van der Waals surface area (Å²) in [5, 5.41) is 1.81. The van der Waals surface area contributed by atoms with Crippen LogP contribution in [0, 0.1) is 0 Å². The van der Waals surface area contributed by atoms with Gasteiger partial charge < -0.3 is 4.52 Å². The Labute approximate surface area is 174 Å². The zero-order chi connectivity index (χ0) is 19.7. The summed E-state index contributed by atoms with van der Waals surface area (Å²) in [5.41, 5.74) is 3.33. The highest BCUT2D eigenvalue weighted by atomic mass is 35.5. The molecule has 3 nitrogen and oxygen atoms in total. The molecule has 142 valence electrons. The molecule has 4 rings (SSSR count). The molecule has 0 saturated carbocycles. The number of rotatable bonds is 4. The van der Waals surface area contributed by atoms with E-state index in [9.17, 15) is 4.57 Å². The highest BCUT2D eigenvalue weighted by Gasteiger charge is 2.39. The third kappa shape index (κ3) is 3.52. The lowest BCUT2D eigenvalue weighted by molar-refractivity contribution is 0.279. The molecule has 0 aromatic heterocycles. The summed E-state index contributed by atoms with van der Waals surface area (Å²) in [6.45, 7) is 2.07. The summed E-state index contributed by atoms with van der Waals surface area (Å²) < 4.78 is 25.3. The van der Waals surface area contributed by atoms with E-state index in [1.54, 1.807) is 25.1 Å². The fourth-order valence-electron chi connectivity index (χ4n) is 3.23. The van der Waals surface area contributed by atoms with Crippen LogP contribution in [0.4, 0.5) is 0 Å². The molecule has 0 N–H and O–H groups in total. The van der Waals surface area contributed by atoms with Crippen LogP contribution in [0.1, 0.15) is 23.6 Å². The standard InChI is InChI=1S/C22H17Cl2O3P/c1-2-26-28(25)20-6-4-3-5-19(20)21(15-7-11-17(23)12-8-15)22(27-28)16-9-13-18(24)14-10-16/h3-14H,2H2,1H3. The number of benzene rings is 3. The predicted molar refractivity (Wildman–Crippen MR) is 115 cm³/mol. The van der Waals surface area contributed by atoms with Crippen LogP contribution >= 0.6 is 30.8 Å². The minimum absolute atomic E-state index is 0.274. The molecular weight excluding hydrogens is 414 g/mol. The van der Waals surface area contributed by atoms with Gasteiger partial charge in [-0.3, -0.25) is 4.52 Å². The Morgan fingerprint density at radius 3 is 2.04 bits per heavy atom. The van der Waals surface area contributed by atoms with Gasteiger partial charge in [0, 0.05) is 26.7 Å². The minimum atomic E-state index is -3.52. The van der Waals surface area contributed by atoms with E-state index in [4.69, 9.17) is 32.2 Å². The van der Waals surface area contributed by atoms with Crippen LogP contribution in [0.5, 0.6) is 0 Å². The van der Waals surface area contributed by atoms with Crippen molar-refractivity contribution in [3.63, 3.8) is 0 Å². The topological polar surface area (TPSA) is 35.5 Å². The molecule has 1 atom stereocenters. The van der Waals surface area contributed by atoms with Gasteiger partial charge >= 0.3 is 7.60 Å². The smallest absolute Gasteiger partial charge is 0.411 e. The van der Waals surface area contributed by atoms with Crippen molar-refractivity contribution in [2.75, 3.05) is 6.61 Å². The van der Waals surface area contributed by atoms with Crippen molar-refractivity contribution in [3.05, 3.63) is 99.5 Å². The van der Waals surface area contributed by atoms with Crippen LogP contribution < -0.4 is 5.30 Å². The average Bonchev–Trinajstić information content (AvgIpc) is 2.70. The van der Waals surface area contributed by atoms with E-state index in [1.165, 1.54) is 0 Å². The van der Waals surface area contributed by atoms with Crippen LogP contribution in [-0.2, 0) is 13.6 Å². The lowest BCUT2D eigenvalue weighted by atomic mass is 9.94. The SMILES string of the molecule is CCOP1(=O)OC(c2ccc(Cl)cc2)=C(c2ccc(Cl)cc2)c2ccccc21. The van der Waals surface area contributed by atoms with E-state index in [2.05, 4.69) is 0 Å². The Balaban J connectivity index is 2.03. The molecule has 28 heavy (non-hydrogen) atoms. The molecule has 0 amide bonds. The van der Waals surface area contributed by atoms with Gasteiger partial charge in [-0.2, -0.15) is 0 Å². The molecule has 3 aromatic carbocycles. The molecule has 0 saturated heterocycles. The molecule has 1 unspecified atom stereocenters. The summed E-state index contributed by atoms with van der Waals surface area (Å²) in [4.78, 5) is 0. The number of fused-ring (bicyclic) bond motifs is 1. The van der Waals surface area contributed by atoms with Crippen LogP contribution in [0.15, 0.2) is 72.8 Å². The quantitative estimate of drug-likeness (QED) is 0.427. The van der Waals surface area contributed by atoms with Crippen LogP contribution in [0.2, 0.25) is 10.0 Å². The van der Waals surface area contributed by atoms with Gasteiger partial charge in [-0.15, -0.1) is 0 Å². The Morgan fingerprint density at radius 2 is 1.43 bits per heavy atom. The zero-order valence-corrected chi connectivity index (χ0v) is 17.5. The maximum absolute atomic E-state index is 13.6. The van der Waals surface area contributed by atoms with E-state index in [0.717, 1.165) is 22.3 Å². The van der Waals surface area contributed by atoms with Crippen molar-refractivity contribution in [1.82, 2.24) is 0 Å². The Kier molecular flexibility index (Phi) is 5.35. The first kappa shape index (κ1) is 19.3. The molecule has 1 heterocycles. The molecule has 0 aliphatic carbocycles. The Bertz CT molecular complexity index is 1090. The molecule has 0 spiro atoms. The Hall–Kier alpha value is -2.03. The second-order valence-corrected chi connectivity index (χ2v) is 9.03. The molecule has 3 aromatic rings. The number of halogens is 2. The number of hydrogen-bond donors (Lipinski definition) is 0. The first-order valence-electron chi connectivity index (χ1n) is 8.82. The van der Waals surface area contributed by atoms with Crippen molar-refractivity contribution < 1.29 is 13.6 Å². The van der Waals surface area contributed by atoms with Crippen LogP contribution in [0.25, 0.3) is 11.3 Å². The third-order valence-corrected chi connectivity index (χ3v) is 6.95. The summed E-state index contributed by atoms with van der Waals surface area (Å²) in [6, 6.07) is 22.2. The van der Waals surface area contributed by atoms with Crippen molar-refractivity contribution in [2.24, 2.45) is 0 Å². The van der Waals surface area contributed by atoms with E-state index in [1.807, 2.05) is 54.6 Å². The number of hydrogen-bond acceptors (Lipinski definition) is 3. The second-order valence-electron chi connectivity index (χ2n) is 6.24. The minimum Gasteiger partial charge on any atom is -0.420 e. The van der Waals surface area contributed by atoms with E-state index in [0.29, 0.717) is 21.1 Å². The van der Waals surface area contributed by atoms with Crippen LogP contribution in [0.3, 0.4) is 0 Å². The van der Waals surface area contributed by atoms with E-state index in [-0.39, 0.29) is 6.61 Å². The largest absolute Gasteiger partial charge is 0.420 e. The molecule has 6 heteroatoms. The van der Waals surface area contributed by atoms with E-state index < -0.39 is 7.60 Å². The second kappa shape index (κ2) is 7.77. The first-order valence-corrected chi connectivity index (χ1v) is 11.1. The monoisotopic (exact) mass is 430 g/mol. The van der Waals surface area contributed by atoms with Gasteiger partial charge in [0.1, 0.15) is 5.76 Å². The Morgan fingerprint density at radius 1 is 0.857 bits per heavy atom. The first-order chi connectivity index (χ1) is 13.5. The zero-order valence-electron chi connectivity index (χ0n) is 15.1. The van der Waals surface area contributed by atoms with Gasteiger partial charge in [0.2, 0.25) is 0 Å². The van der Waals surface area contributed by atoms with Gasteiger partial charge in [0.15, 0.2) is 0 Å². The molecule has 0 fully saturated rings. The van der Waals surface area contributed by atoms with Gasteiger partial charge in [-0.05, 0) is 55.0 Å². The van der Waals surface area contributed by atoms with Gasteiger partial charge in [-0.25, -0.2) is 4.57 Å². The van der Waals surface area contributed by atoms with Crippen molar-refractivity contribution in [3.8, 4) is 0 Å². The van der Waals surface area contributed by atoms with Gasteiger partial charge in [0.05, 0.1) is 11.9 Å². The lowest BCUT2D eigenvalue weighted by Gasteiger charge is -2.30. The van der Waals surface area contributed by atoms with E-state index >= 15 is 0 Å². The molecule has 1 aliphatic heterocycles. The van der Waals surface area contributed by atoms with Crippen LogP contribution in [-0.4, -0.2) is 6.61 Å². The molecular formula is C22H17Cl2O3P. The summed E-state index contributed by atoms with van der Waals surface area (Å²) in [6.07, 6.45) is 0. The average molecular weight is 431 g/mol. The summed E-state index contributed by atoms with van der Waals surface area (Å²) >= 11 is 12.1. The molecule has 0 bridgehead atoms. The van der Waals surface area contributed by atoms with Crippen molar-refractivity contribution in [2.45, 2.75) is 6.92 Å².